The molecule has 43 heavy (non-hydrogen) atoms. The van der Waals surface area contributed by atoms with Crippen molar-refractivity contribution in [1.82, 2.24) is 0 Å². The molecule has 6 unspecified atom stereocenters. The first-order valence-electron chi connectivity index (χ1n) is 13.9. The standard InChI is InChI=1S/C33H25Cl2FN2O5/c1-17-15-18(7-14-25(17)39)27-22-12-13-23-26(29(41)37(28(23)40)20-5-3-2-4-6-20)24(22)16-32(34)30(42)38(31(43)33(27,32)35)21-10-8-19(36)9-11-21/h2-12,14-15,23-24,26-27,39H,13,16H2,1H3. The lowest BCUT2D eigenvalue weighted by atomic mass is 9.56. The van der Waals surface area contributed by atoms with Gasteiger partial charge in [-0.3, -0.25) is 24.1 Å². The molecule has 7 rings (SSSR count). The van der Waals surface area contributed by atoms with Crippen LogP contribution in [0.4, 0.5) is 15.8 Å². The molecule has 3 aromatic carbocycles. The number of amides is 4. The zero-order valence-electron chi connectivity index (χ0n) is 22.8. The number of hydrogen-bond donors (Lipinski definition) is 1. The number of halogens is 3. The van der Waals surface area contributed by atoms with Gasteiger partial charge in [-0.2, -0.15) is 0 Å². The van der Waals surface area contributed by atoms with E-state index >= 15 is 0 Å². The highest BCUT2D eigenvalue weighted by atomic mass is 35.5. The molecule has 2 aliphatic heterocycles. The van der Waals surface area contributed by atoms with Crippen LogP contribution in [-0.2, 0) is 19.2 Å². The van der Waals surface area contributed by atoms with E-state index in [1.165, 1.54) is 23.1 Å². The fraction of sp³-hybridized carbons (Fsp3) is 0.273. The molecule has 4 aliphatic rings. The number of phenolic OH excluding ortho intramolecular Hbond substituents is 1. The maximum atomic E-state index is 14.3. The van der Waals surface area contributed by atoms with Crippen LogP contribution in [0.5, 0.6) is 5.75 Å². The SMILES string of the molecule is Cc1cc(C2C3=CCC4C(=O)N(c5ccccc5)C(=O)C4C3CC3(Cl)C(=O)N(c4ccc(F)cc4)C(=O)C23Cl)ccc1O. The van der Waals surface area contributed by atoms with Crippen molar-refractivity contribution in [2.45, 2.75) is 35.4 Å². The van der Waals surface area contributed by atoms with E-state index in [0.29, 0.717) is 22.4 Å². The Morgan fingerprint density at radius 3 is 2.19 bits per heavy atom. The van der Waals surface area contributed by atoms with E-state index in [4.69, 9.17) is 23.2 Å². The fourth-order valence-corrected chi connectivity index (χ4v) is 8.40. The summed E-state index contributed by atoms with van der Waals surface area (Å²) in [4.78, 5) is 54.3. The highest BCUT2D eigenvalue weighted by molar-refractivity contribution is 6.58. The molecule has 0 aromatic heterocycles. The van der Waals surface area contributed by atoms with Crippen LogP contribution in [0.25, 0.3) is 0 Å². The third-order valence-electron chi connectivity index (χ3n) is 9.46. The number of hydrogen-bond acceptors (Lipinski definition) is 5. The third kappa shape index (κ3) is 3.66. The summed E-state index contributed by atoms with van der Waals surface area (Å²) in [5.41, 5.74) is 2.27. The van der Waals surface area contributed by atoms with Gasteiger partial charge in [0.15, 0.2) is 9.75 Å². The number of phenols is 1. The number of allylic oxidation sites excluding steroid dienone is 2. The summed E-state index contributed by atoms with van der Waals surface area (Å²) in [6, 6.07) is 18.3. The Bertz CT molecular complexity index is 1760. The smallest absolute Gasteiger partial charge is 0.258 e. The van der Waals surface area contributed by atoms with Crippen LogP contribution < -0.4 is 9.80 Å². The van der Waals surface area contributed by atoms with Crippen LogP contribution in [0.15, 0.2) is 84.4 Å². The molecule has 3 fully saturated rings. The number of alkyl halides is 2. The van der Waals surface area contributed by atoms with Gasteiger partial charge in [-0.25, -0.2) is 9.29 Å². The molecule has 4 amide bonds. The van der Waals surface area contributed by atoms with Crippen LogP contribution in [0.1, 0.15) is 29.9 Å². The number of imide groups is 2. The average molecular weight is 619 g/mol. The van der Waals surface area contributed by atoms with Gasteiger partial charge >= 0.3 is 0 Å². The van der Waals surface area contributed by atoms with Crippen molar-refractivity contribution in [3.05, 3.63) is 101 Å². The second-order valence-corrected chi connectivity index (χ2v) is 12.9. The van der Waals surface area contributed by atoms with Crippen LogP contribution in [0, 0.1) is 30.5 Å². The Hall–Kier alpha value is -4.01. The van der Waals surface area contributed by atoms with E-state index < -0.39 is 57.0 Å². The molecule has 7 nitrogen and oxygen atoms in total. The Balaban J connectivity index is 1.41. The predicted molar refractivity (Wildman–Crippen MR) is 158 cm³/mol. The molecule has 0 radical (unpaired) electrons. The number of rotatable bonds is 3. The second-order valence-electron chi connectivity index (χ2n) is 11.6. The van der Waals surface area contributed by atoms with Crippen molar-refractivity contribution in [3.8, 4) is 5.75 Å². The van der Waals surface area contributed by atoms with Crippen molar-refractivity contribution in [3.63, 3.8) is 0 Å². The van der Waals surface area contributed by atoms with Gasteiger partial charge in [0.05, 0.1) is 23.2 Å². The number of benzene rings is 3. The molecule has 0 bridgehead atoms. The summed E-state index contributed by atoms with van der Waals surface area (Å²) in [7, 11) is 0. The van der Waals surface area contributed by atoms with E-state index in [2.05, 4.69) is 0 Å². The lowest BCUT2D eigenvalue weighted by Crippen LogP contribution is -2.60. The number of carbonyl (C=O) groups is 4. The first-order chi connectivity index (χ1) is 20.5. The van der Waals surface area contributed by atoms with Gasteiger partial charge in [-0.1, -0.05) is 42.0 Å². The summed E-state index contributed by atoms with van der Waals surface area (Å²) in [5.74, 6) is -5.94. The molecule has 1 N–H and O–H groups in total. The zero-order valence-corrected chi connectivity index (χ0v) is 24.3. The van der Waals surface area contributed by atoms with E-state index in [1.807, 2.05) is 6.08 Å². The summed E-state index contributed by atoms with van der Waals surface area (Å²) >= 11 is 14.7. The predicted octanol–water partition coefficient (Wildman–Crippen LogP) is 5.61. The van der Waals surface area contributed by atoms with Crippen molar-refractivity contribution >= 4 is 58.2 Å². The molecule has 1 saturated carbocycles. The quantitative estimate of drug-likeness (QED) is 0.234. The van der Waals surface area contributed by atoms with Crippen molar-refractivity contribution < 1.29 is 28.7 Å². The minimum absolute atomic E-state index is 0.0337. The first kappa shape index (κ1) is 27.8. The number of aromatic hydroxyl groups is 1. The Kier molecular flexibility index (Phi) is 6.14. The van der Waals surface area contributed by atoms with Gasteiger partial charge in [0.25, 0.3) is 11.8 Å². The number of nitrogens with zero attached hydrogens (tertiary/aromatic N) is 2. The van der Waals surface area contributed by atoms with E-state index in [1.54, 1.807) is 49.4 Å². The second kappa shape index (κ2) is 9.49. The van der Waals surface area contributed by atoms with Gasteiger partial charge in [-0.05, 0) is 79.3 Å². The Labute approximate surface area is 256 Å². The molecule has 2 saturated heterocycles. The minimum Gasteiger partial charge on any atom is -0.508 e. The molecule has 6 atom stereocenters. The number of aryl methyl sites for hydroxylation is 1. The lowest BCUT2D eigenvalue weighted by Gasteiger charge is -2.50. The lowest BCUT2D eigenvalue weighted by molar-refractivity contribution is -0.125. The topological polar surface area (TPSA) is 95.0 Å². The summed E-state index contributed by atoms with van der Waals surface area (Å²) in [5, 5.41) is 10.3. The first-order valence-corrected chi connectivity index (χ1v) is 14.7. The van der Waals surface area contributed by atoms with Gasteiger partial charge in [0.2, 0.25) is 11.8 Å². The van der Waals surface area contributed by atoms with Crippen LogP contribution >= 0.6 is 23.2 Å². The molecule has 218 valence electrons. The Morgan fingerprint density at radius 2 is 1.51 bits per heavy atom. The summed E-state index contributed by atoms with van der Waals surface area (Å²) in [6.45, 7) is 1.70. The number of carbonyl (C=O) groups excluding carboxylic acids is 4. The van der Waals surface area contributed by atoms with Crippen LogP contribution in [0.2, 0.25) is 0 Å². The van der Waals surface area contributed by atoms with Gasteiger partial charge < -0.3 is 5.11 Å². The molecular formula is C33H25Cl2FN2O5. The normalized spacial score (nSPS) is 31.6. The van der Waals surface area contributed by atoms with Crippen molar-refractivity contribution in [2.24, 2.45) is 17.8 Å². The summed E-state index contributed by atoms with van der Waals surface area (Å²) < 4.78 is 13.8. The van der Waals surface area contributed by atoms with E-state index in [9.17, 15) is 28.7 Å². The monoisotopic (exact) mass is 618 g/mol. The van der Waals surface area contributed by atoms with E-state index in [-0.39, 0.29) is 30.2 Å². The molecule has 3 aromatic rings. The molecular weight excluding hydrogens is 594 g/mol. The largest absolute Gasteiger partial charge is 0.508 e. The maximum Gasteiger partial charge on any atom is 0.258 e. The van der Waals surface area contributed by atoms with Gasteiger partial charge in [0.1, 0.15) is 11.6 Å². The van der Waals surface area contributed by atoms with Crippen molar-refractivity contribution in [1.29, 1.82) is 0 Å². The van der Waals surface area contributed by atoms with Crippen LogP contribution in [-0.4, -0.2) is 38.5 Å². The van der Waals surface area contributed by atoms with E-state index in [0.717, 1.165) is 17.0 Å². The number of para-hydroxylation sites is 1. The molecule has 2 heterocycles. The highest BCUT2D eigenvalue weighted by Crippen LogP contribution is 2.66. The fourth-order valence-electron chi connectivity index (χ4n) is 7.46. The summed E-state index contributed by atoms with van der Waals surface area (Å²) in [6.07, 6.45) is 1.93. The zero-order chi connectivity index (χ0) is 30.4. The van der Waals surface area contributed by atoms with Gasteiger partial charge in [-0.15, -0.1) is 23.2 Å². The number of anilines is 2. The maximum absolute atomic E-state index is 14.3. The Morgan fingerprint density at radius 1 is 0.837 bits per heavy atom. The molecule has 0 spiro atoms. The number of fused-ring (bicyclic) bond motifs is 4. The van der Waals surface area contributed by atoms with Crippen LogP contribution in [0.3, 0.4) is 0 Å². The molecule has 10 heteroatoms. The van der Waals surface area contributed by atoms with Gasteiger partial charge in [0, 0.05) is 5.92 Å². The minimum atomic E-state index is -2.02. The third-order valence-corrected chi connectivity index (χ3v) is 10.9. The highest BCUT2D eigenvalue weighted by Gasteiger charge is 2.76. The average Bonchev–Trinajstić information content (AvgIpc) is 3.33. The van der Waals surface area contributed by atoms with Crippen molar-refractivity contribution in [2.75, 3.05) is 9.80 Å². The molecule has 2 aliphatic carbocycles.